The molecular formula is C17H21F3N2O3. The van der Waals surface area contributed by atoms with Crippen molar-refractivity contribution in [2.45, 2.75) is 25.9 Å². The number of benzene rings is 1. The third-order valence-corrected chi connectivity index (χ3v) is 3.99. The van der Waals surface area contributed by atoms with Gasteiger partial charge in [-0.1, -0.05) is 17.7 Å². The molecule has 1 aliphatic rings. The highest BCUT2D eigenvalue weighted by atomic mass is 19.4. The fourth-order valence-corrected chi connectivity index (χ4v) is 2.54. The van der Waals surface area contributed by atoms with Crippen molar-refractivity contribution in [3.8, 4) is 5.75 Å². The highest BCUT2D eigenvalue weighted by Crippen LogP contribution is 2.19. The number of ether oxygens (including phenoxy) is 1. The first kappa shape index (κ1) is 19.1. The van der Waals surface area contributed by atoms with Crippen LogP contribution < -0.4 is 4.74 Å². The van der Waals surface area contributed by atoms with Crippen molar-refractivity contribution in [3.05, 3.63) is 29.8 Å². The molecule has 0 radical (unpaired) electrons. The number of rotatable bonds is 5. The monoisotopic (exact) mass is 358 g/mol. The van der Waals surface area contributed by atoms with Gasteiger partial charge in [0, 0.05) is 32.6 Å². The van der Waals surface area contributed by atoms with Gasteiger partial charge in [0.1, 0.15) is 5.75 Å². The number of alkyl halides is 3. The van der Waals surface area contributed by atoms with E-state index in [4.69, 9.17) is 4.74 Å². The number of amides is 2. The Bertz CT molecular complexity index is 594. The molecule has 0 saturated carbocycles. The molecule has 25 heavy (non-hydrogen) atoms. The summed E-state index contributed by atoms with van der Waals surface area (Å²) in [6, 6.07) is 7.58. The lowest BCUT2D eigenvalue weighted by Gasteiger charge is -2.35. The minimum absolute atomic E-state index is 0.0933. The van der Waals surface area contributed by atoms with Gasteiger partial charge in [0.2, 0.25) is 5.91 Å². The molecule has 1 saturated heterocycles. The number of hydrogen-bond donors (Lipinski definition) is 0. The van der Waals surface area contributed by atoms with Crippen LogP contribution in [0.5, 0.6) is 5.75 Å². The molecule has 138 valence electrons. The molecule has 0 aromatic heterocycles. The van der Waals surface area contributed by atoms with Gasteiger partial charge in [-0.25, -0.2) is 0 Å². The summed E-state index contributed by atoms with van der Waals surface area (Å²) in [5, 5.41) is 0. The molecule has 1 aromatic carbocycles. The third kappa shape index (κ3) is 5.65. The molecule has 0 spiro atoms. The highest BCUT2D eigenvalue weighted by Gasteiger charge is 2.43. The van der Waals surface area contributed by atoms with Crippen LogP contribution in [0.3, 0.4) is 0 Å². The number of nitrogens with zero attached hydrogens (tertiary/aromatic N) is 2. The maximum atomic E-state index is 12.4. The molecule has 1 fully saturated rings. The number of piperazine rings is 1. The van der Waals surface area contributed by atoms with E-state index in [1.807, 2.05) is 31.2 Å². The smallest absolute Gasteiger partial charge is 0.471 e. The molecule has 1 aromatic rings. The van der Waals surface area contributed by atoms with Crippen LogP contribution in [0.15, 0.2) is 24.3 Å². The van der Waals surface area contributed by atoms with Crippen molar-refractivity contribution in [1.29, 1.82) is 0 Å². The zero-order chi connectivity index (χ0) is 18.4. The Hall–Kier alpha value is -2.25. The van der Waals surface area contributed by atoms with Crippen LogP contribution in [0.25, 0.3) is 0 Å². The molecular weight excluding hydrogens is 337 g/mol. The molecule has 0 bridgehead atoms. The summed E-state index contributed by atoms with van der Waals surface area (Å²) in [7, 11) is 0. The van der Waals surface area contributed by atoms with Crippen LogP contribution in [-0.2, 0) is 9.59 Å². The summed E-state index contributed by atoms with van der Waals surface area (Å²) >= 11 is 0. The van der Waals surface area contributed by atoms with Gasteiger partial charge in [0.25, 0.3) is 0 Å². The molecule has 0 aliphatic carbocycles. The zero-order valence-electron chi connectivity index (χ0n) is 14.0. The maximum Gasteiger partial charge on any atom is 0.471 e. The first-order chi connectivity index (χ1) is 11.8. The van der Waals surface area contributed by atoms with E-state index >= 15 is 0 Å². The van der Waals surface area contributed by atoms with Gasteiger partial charge < -0.3 is 14.5 Å². The summed E-state index contributed by atoms with van der Waals surface area (Å²) in [5.74, 6) is -1.24. The van der Waals surface area contributed by atoms with Crippen molar-refractivity contribution < 1.29 is 27.5 Å². The van der Waals surface area contributed by atoms with Crippen molar-refractivity contribution >= 4 is 11.8 Å². The highest BCUT2D eigenvalue weighted by molar-refractivity contribution is 5.82. The summed E-state index contributed by atoms with van der Waals surface area (Å²) in [5.41, 5.74) is 1.13. The number of hydrogen-bond acceptors (Lipinski definition) is 3. The average molecular weight is 358 g/mol. The zero-order valence-corrected chi connectivity index (χ0v) is 14.0. The summed E-state index contributed by atoms with van der Waals surface area (Å²) in [6.45, 7) is 2.43. The van der Waals surface area contributed by atoms with E-state index in [0.717, 1.165) is 16.2 Å². The van der Waals surface area contributed by atoms with E-state index in [1.54, 1.807) is 0 Å². The Morgan fingerprint density at radius 1 is 1.04 bits per heavy atom. The lowest BCUT2D eigenvalue weighted by molar-refractivity contribution is -0.187. The molecule has 5 nitrogen and oxygen atoms in total. The Balaban J connectivity index is 1.67. The van der Waals surface area contributed by atoms with Gasteiger partial charge in [-0.3, -0.25) is 9.59 Å². The molecule has 0 N–H and O–H groups in total. The quantitative estimate of drug-likeness (QED) is 0.760. The summed E-state index contributed by atoms with van der Waals surface area (Å²) in [6.07, 6.45) is -4.08. The van der Waals surface area contributed by atoms with E-state index < -0.39 is 12.1 Å². The summed E-state index contributed by atoms with van der Waals surface area (Å²) < 4.78 is 42.7. The second kappa shape index (κ2) is 8.22. The fraction of sp³-hybridized carbons (Fsp3) is 0.529. The SMILES string of the molecule is Cc1ccc(OCCCC(=O)N2CCN(C(=O)C(F)(F)F)CC2)cc1. The molecule has 2 amide bonds. The number of carbonyl (C=O) groups is 2. The predicted molar refractivity (Wildman–Crippen MR) is 85.1 cm³/mol. The van der Waals surface area contributed by atoms with E-state index in [9.17, 15) is 22.8 Å². The van der Waals surface area contributed by atoms with Crippen molar-refractivity contribution in [2.24, 2.45) is 0 Å². The standard InChI is InChI=1S/C17H21F3N2O3/c1-13-4-6-14(7-5-13)25-12-2-3-15(23)21-8-10-22(11-9-21)16(24)17(18,19)20/h4-7H,2-3,8-12H2,1H3. The van der Waals surface area contributed by atoms with Crippen LogP contribution in [-0.4, -0.2) is 60.6 Å². The Kier molecular flexibility index (Phi) is 6.27. The minimum atomic E-state index is -4.86. The van der Waals surface area contributed by atoms with Crippen LogP contribution in [0.4, 0.5) is 13.2 Å². The second-order valence-corrected chi connectivity index (χ2v) is 5.94. The van der Waals surface area contributed by atoms with Gasteiger partial charge >= 0.3 is 12.1 Å². The van der Waals surface area contributed by atoms with Gasteiger partial charge in [-0.05, 0) is 25.5 Å². The lowest BCUT2D eigenvalue weighted by Crippen LogP contribution is -2.53. The van der Waals surface area contributed by atoms with E-state index in [-0.39, 0.29) is 38.5 Å². The first-order valence-electron chi connectivity index (χ1n) is 8.11. The number of carbonyl (C=O) groups excluding carboxylic acids is 2. The largest absolute Gasteiger partial charge is 0.494 e. The van der Waals surface area contributed by atoms with E-state index in [0.29, 0.717) is 13.0 Å². The molecule has 0 unspecified atom stereocenters. The molecule has 1 aliphatic heterocycles. The van der Waals surface area contributed by atoms with Crippen molar-refractivity contribution in [2.75, 3.05) is 32.8 Å². The van der Waals surface area contributed by atoms with Crippen LogP contribution >= 0.6 is 0 Å². The topological polar surface area (TPSA) is 49.9 Å². The molecule has 8 heteroatoms. The minimum Gasteiger partial charge on any atom is -0.494 e. The van der Waals surface area contributed by atoms with Gasteiger partial charge in [-0.2, -0.15) is 13.2 Å². The van der Waals surface area contributed by atoms with Gasteiger partial charge in [-0.15, -0.1) is 0 Å². The fourth-order valence-electron chi connectivity index (χ4n) is 2.54. The Morgan fingerprint density at radius 2 is 1.60 bits per heavy atom. The number of aryl methyl sites for hydroxylation is 1. The number of halogens is 3. The summed E-state index contributed by atoms with van der Waals surface area (Å²) in [4.78, 5) is 25.4. The average Bonchev–Trinajstić information content (AvgIpc) is 2.58. The van der Waals surface area contributed by atoms with Crippen LogP contribution in [0.2, 0.25) is 0 Å². The Morgan fingerprint density at radius 3 is 2.16 bits per heavy atom. The lowest BCUT2D eigenvalue weighted by atomic mass is 10.2. The van der Waals surface area contributed by atoms with Gasteiger partial charge in [0.05, 0.1) is 6.61 Å². The second-order valence-electron chi connectivity index (χ2n) is 5.94. The Labute approximate surface area is 144 Å². The normalized spacial score (nSPS) is 15.2. The molecule has 0 atom stereocenters. The predicted octanol–water partition coefficient (Wildman–Crippen LogP) is 2.39. The van der Waals surface area contributed by atoms with E-state index in [2.05, 4.69) is 0 Å². The van der Waals surface area contributed by atoms with Crippen LogP contribution in [0, 0.1) is 6.92 Å². The van der Waals surface area contributed by atoms with Gasteiger partial charge in [0.15, 0.2) is 0 Å². The first-order valence-corrected chi connectivity index (χ1v) is 8.11. The van der Waals surface area contributed by atoms with Crippen LogP contribution in [0.1, 0.15) is 18.4 Å². The van der Waals surface area contributed by atoms with Crippen molar-refractivity contribution in [3.63, 3.8) is 0 Å². The van der Waals surface area contributed by atoms with Crippen molar-refractivity contribution in [1.82, 2.24) is 9.80 Å². The maximum absolute atomic E-state index is 12.4. The molecule has 1 heterocycles. The van der Waals surface area contributed by atoms with E-state index in [1.165, 1.54) is 4.90 Å². The molecule has 2 rings (SSSR count). The third-order valence-electron chi connectivity index (χ3n) is 3.99.